The zero-order chi connectivity index (χ0) is 16.4. The van der Waals surface area contributed by atoms with Gasteiger partial charge in [0, 0.05) is 44.0 Å². The first-order chi connectivity index (χ1) is 11.1. The SMILES string of the molecule is COc1cc(N2CCCC(N3CC(C)OC(C)C3)C2)ccc1N. The number of piperidine rings is 1. The Bertz CT molecular complexity index is 527. The van der Waals surface area contributed by atoms with E-state index in [1.807, 2.05) is 6.07 Å². The molecule has 0 radical (unpaired) electrons. The molecule has 2 N–H and O–H groups in total. The van der Waals surface area contributed by atoms with E-state index in [1.54, 1.807) is 7.11 Å². The summed E-state index contributed by atoms with van der Waals surface area (Å²) in [6, 6.07) is 6.70. The molecule has 0 bridgehead atoms. The van der Waals surface area contributed by atoms with Crippen LogP contribution in [0, 0.1) is 0 Å². The number of nitrogens with two attached hydrogens (primary N) is 1. The lowest BCUT2D eigenvalue weighted by atomic mass is 10.0. The van der Waals surface area contributed by atoms with Crippen molar-refractivity contribution in [2.24, 2.45) is 0 Å². The van der Waals surface area contributed by atoms with Crippen LogP contribution >= 0.6 is 0 Å². The van der Waals surface area contributed by atoms with Crippen molar-refractivity contribution in [3.05, 3.63) is 18.2 Å². The minimum Gasteiger partial charge on any atom is -0.495 e. The second-order valence-corrected chi connectivity index (χ2v) is 6.88. The molecular weight excluding hydrogens is 290 g/mol. The van der Waals surface area contributed by atoms with Gasteiger partial charge in [-0.15, -0.1) is 0 Å². The highest BCUT2D eigenvalue weighted by atomic mass is 16.5. The second-order valence-electron chi connectivity index (χ2n) is 6.88. The molecule has 0 aromatic heterocycles. The van der Waals surface area contributed by atoms with E-state index in [2.05, 4.69) is 35.8 Å². The normalized spacial score (nSPS) is 29.5. The van der Waals surface area contributed by atoms with Gasteiger partial charge in [-0.05, 0) is 38.8 Å². The Morgan fingerprint density at radius 3 is 2.61 bits per heavy atom. The number of benzene rings is 1. The lowest BCUT2D eigenvalue weighted by Gasteiger charge is -2.44. The maximum atomic E-state index is 5.94. The zero-order valence-corrected chi connectivity index (χ0v) is 14.5. The van der Waals surface area contributed by atoms with Crippen LogP contribution in [0.1, 0.15) is 26.7 Å². The molecule has 3 unspecified atom stereocenters. The minimum atomic E-state index is 0.325. The Morgan fingerprint density at radius 1 is 1.17 bits per heavy atom. The van der Waals surface area contributed by atoms with E-state index in [0.29, 0.717) is 23.9 Å². The van der Waals surface area contributed by atoms with Gasteiger partial charge in [0.2, 0.25) is 0 Å². The quantitative estimate of drug-likeness (QED) is 0.867. The molecule has 5 nitrogen and oxygen atoms in total. The van der Waals surface area contributed by atoms with Crippen LogP contribution in [0.3, 0.4) is 0 Å². The van der Waals surface area contributed by atoms with Gasteiger partial charge < -0.3 is 20.1 Å². The van der Waals surface area contributed by atoms with Crippen LogP contribution in [0.25, 0.3) is 0 Å². The molecule has 2 heterocycles. The molecule has 1 aromatic rings. The largest absolute Gasteiger partial charge is 0.495 e. The van der Waals surface area contributed by atoms with E-state index in [4.69, 9.17) is 15.2 Å². The molecular formula is C18H29N3O2. The van der Waals surface area contributed by atoms with Crippen LogP contribution in [-0.4, -0.2) is 56.4 Å². The van der Waals surface area contributed by atoms with Gasteiger partial charge in [0.1, 0.15) is 5.75 Å². The topological polar surface area (TPSA) is 51.0 Å². The van der Waals surface area contributed by atoms with E-state index >= 15 is 0 Å². The van der Waals surface area contributed by atoms with Gasteiger partial charge in [-0.2, -0.15) is 0 Å². The van der Waals surface area contributed by atoms with Crippen molar-refractivity contribution < 1.29 is 9.47 Å². The standard InChI is InChI=1S/C18H29N3O2/c1-13-10-21(11-14(2)23-13)16-5-4-8-20(12-16)15-6-7-17(19)18(9-15)22-3/h6-7,9,13-14,16H,4-5,8,10-12,19H2,1-3H3. The number of nitrogens with zero attached hydrogens (tertiary/aromatic N) is 2. The van der Waals surface area contributed by atoms with Gasteiger partial charge in [-0.1, -0.05) is 0 Å². The molecule has 5 heteroatoms. The van der Waals surface area contributed by atoms with Crippen molar-refractivity contribution in [3.63, 3.8) is 0 Å². The van der Waals surface area contributed by atoms with E-state index in [0.717, 1.165) is 31.9 Å². The predicted molar refractivity (Wildman–Crippen MR) is 94.2 cm³/mol. The molecule has 1 aromatic carbocycles. The Balaban J connectivity index is 1.70. The fourth-order valence-electron chi connectivity index (χ4n) is 3.90. The number of rotatable bonds is 3. The summed E-state index contributed by atoms with van der Waals surface area (Å²) < 4.78 is 11.2. The Hall–Kier alpha value is -1.46. The van der Waals surface area contributed by atoms with Crippen molar-refractivity contribution in [3.8, 4) is 5.75 Å². The summed E-state index contributed by atoms with van der Waals surface area (Å²) in [7, 11) is 1.67. The lowest BCUT2D eigenvalue weighted by molar-refractivity contribution is -0.0814. The van der Waals surface area contributed by atoms with Gasteiger partial charge >= 0.3 is 0 Å². The molecule has 2 saturated heterocycles. The molecule has 0 amide bonds. The third kappa shape index (κ3) is 3.72. The van der Waals surface area contributed by atoms with Crippen LogP contribution in [0.2, 0.25) is 0 Å². The number of methoxy groups -OCH3 is 1. The number of ether oxygens (including phenoxy) is 2. The molecule has 3 atom stereocenters. The summed E-state index contributed by atoms with van der Waals surface area (Å²) in [4.78, 5) is 5.07. The first kappa shape index (κ1) is 16.4. The van der Waals surface area contributed by atoms with Gasteiger partial charge in [-0.3, -0.25) is 4.90 Å². The Labute approximate surface area is 139 Å². The third-order valence-electron chi connectivity index (χ3n) is 4.94. The van der Waals surface area contributed by atoms with Crippen LogP contribution in [0.15, 0.2) is 18.2 Å². The lowest BCUT2D eigenvalue weighted by Crippen LogP contribution is -2.55. The van der Waals surface area contributed by atoms with E-state index in [9.17, 15) is 0 Å². The summed E-state index contributed by atoms with van der Waals surface area (Å²) in [6.45, 7) is 8.58. The highest BCUT2D eigenvalue weighted by molar-refractivity contribution is 5.62. The molecule has 0 spiro atoms. The number of hydrogen-bond acceptors (Lipinski definition) is 5. The average molecular weight is 319 g/mol. The number of anilines is 2. The van der Waals surface area contributed by atoms with Crippen LogP contribution in [-0.2, 0) is 4.74 Å². The predicted octanol–water partition coefficient (Wildman–Crippen LogP) is 2.36. The van der Waals surface area contributed by atoms with Crippen molar-refractivity contribution in [1.29, 1.82) is 0 Å². The van der Waals surface area contributed by atoms with Crippen LogP contribution < -0.4 is 15.4 Å². The zero-order valence-electron chi connectivity index (χ0n) is 14.5. The van der Waals surface area contributed by atoms with Crippen molar-refractivity contribution in [2.45, 2.75) is 44.9 Å². The highest BCUT2D eigenvalue weighted by Crippen LogP contribution is 2.30. The maximum absolute atomic E-state index is 5.94. The number of nitrogen functional groups attached to an aromatic ring is 1. The minimum absolute atomic E-state index is 0.325. The summed E-state index contributed by atoms with van der Waals surface area (Å²) in [6.07, 6.45) is 3.14. The fraction of sp³-hybridized carbons (Fsp3) is 0.667. The van der Waals surface area contributed by atoms with E-state index < -0.39 is 0 Å². The Morgan fingerprint density at radius 2 is 1.91 bits per heavy atom. The highest BCUT2D eigenvalue weighted by Gasteiger charge is 2.31. The first-order valence-electron chi connectivity index (χ1n) is 8.64. The number of hydrogen-bond donors (Lipinski definition) is 1. The first-order valence-corrected chi connectivity index (χ1v) is 8.64. The molecule has 23 heavy (non-hydrogen) atoms. The van der Waals surface area contributed by atoms with Gasteiger partial charge in [0.25, 0.3) is 0 Å². The third-order valence-corrected chi connectivity index (χ3v) is 4.94. The van der Waals surface area contributed by atoms with E-state index in [-0.39, 0.29) is 0 Å². The molecule has 0 saturated carbocycles. The number of morpholine rings is 1. The second kappa shape index (κ2) is 6.97. The monoisotopic (exact) mass is 319 g/mol. The van der Waals surface area contributed by atoms with Gasteiger partial charge in [-0.25, -0.2) is 0 Å². The summed E-state index contributed by atoms with van der Waals surface area (Å²) in [5.41, 5.74) is 7.84. The molecule has 2 aliphatic rings. The maximum Gasteiger partial charge on any atom is 0.143 e. The fourth-order valence-corrected chi connectivity index (χ4v) is 3.90. The summed E-state index contributed by atoms with van der Waals surface area (Å²) >= 11 is 0. The molecule has 2 aliphatic heterocycles. The van der Waals surface area contributed by atoms with E-state index in [1.165, 1.54) is 18.5 Å². The molecule has 2 fully saturated rings. The van der Waals surface area contributed by atoms with Crippen LogP contribution in [0.4, 0.5) is 11.4 Å². The smallest absolute Gasteiger partial charge is 0.143 e. The van der Waals surface area contributed by atoms with Crippen molar-refractivity contribution in [2.75, 3.05) is 43.9 Å². The molecule has 128 valence electrons. The molecule has 0 aliphatic carbocycles. The average Bonchev–Trinajstić information content (AvgIpc) is 2.54. The van der Waals surface area contributed by atoms with Crippen molar-refractivity contribution >= 4 is 11.4 Å². The Kier molecular flexibility index (Phi) is 4.97. The van der Waals surface area contributed by atoms with Gasteiger partial charge in [0.05, 0.1) is 25.0 Å². The van der Waals surface area contributed by atoms with Crippen LogP contribution in [0.5, 0.6) is 5.75 Å². The molecule has 3 rings (SSSR count). The summed E-state index contributed by atoms with van der Waals surface area (Å²) in [5, 5.41) is 0. The van der Waals surface area contributed by atoms with Gasteiger partial charge in [0.15, 0.2) is 0 Å². The summed E-state index contributed by atoms with van der Waals surface area (Å²) in [5.74, 6) is 0.762. The van der Waals surface area contributed by atoms with Crippen molar-refractivity contribution in [1.82, 2.24) is 4.90 Å².